The van der Waals surface area contributed by atoms with Crippen molar-refractivity contribution < 1.29 is 24.2 Å². The molecule has 0 heterocycles. The van der Waals surface area contributed by atoms with Gasteiger partial charge >= 0.3 is 11.9 Å². The topological polar surface area (TPSA) is 72.8 Å². The monoisotopic (exact) mass is 871 g/mol. The molecule has 0 aliphatic heterocycles. The Labute approximate surface area is 386 Å². The summed E-state index contributed by atoms with van der Waals surface area (Å²) in [6.07, 6.45) is 68.3. The molecular formula is C57H106O5. The van der Waals surface area contributed by atoms with Crippen LogP contribution in [0.4, 0.5) is 0 Å². The van der Waals surface area contributed by atoms with Crippen molar-refractivity contribution >= 4 is 11.9 Å². The van der Waals surface area contributed by atoms with Crippen LogP contribution < -0.4 is 0 Å². The molecule has 0 aliphatic carbocycles. The minimum Gasteiger partial charge on any atom is -0.462 e. The molecule has 0 fully saturated rings. The van der Waals surface area contributed by atoms with Gasteiger partial charge in [-0.3, -0.25) is 9.59 Å². The first-order chi connectivity index (χ1) is 30.6. The molecule has 5 heteroatoms. The van der Waals surface area contributed by atoms with Crippen molar-refractivity contribution in [1.82, 2.24) is 0 Å². The first-order valence-electron chi connectivity index (χ1n) is 27.5. The third kappa shape index (κ3) is 50.8. The van der Waals surface area contributed by atoms with Crippen LogP contribution in [0.2, 0.25) is 0 Å². The predicted octanol–water partition coefficient (Wildman–Crippen LogP) is 18.3. The van der Waals surface area contributed by atoms with E-state index >= 15 is 0 Å². The van der Waals surface area contributed by atoms with Crippen molar-refractivity contribution in [1.29, 1.82) is 0 Å². The highest BCUT2D eigenvalue weighted by Crippen LogP contribution is 2.16. The third-order valence-electron chi connectivity index (χ3n) is 12.4. The minimum absolute atomic E-state index is 0.0642. The maximum absolute atomic E-state index is 12.3. The van der Waals surface area contributed by atoms with E-state index in [1.54, 1.807) is 0 Å². The summed E-state index contributed by atoms with van der Waals surface area (Å²) in [6.45, 7) is 4.16. The van der Waals surface area contributed by atoms with Crippen LogP contribution in [0.5, 0.6) is 0 Å². The summed E-state index contributed by atoms with van der Waals surface area (Å²) in [5.41, 5.74) is 0. The second kappa shape index (κ2) is 53.5. The second-order valence-electron chi connectivity index (χ2n) is 18.7. The summed E-state index contributed by atoms with van der Waals surface area (Å²) >= 11 is 0. The largest absolute Gasteiger partial charge is 0.462 e. The summed E-state index contributed by atoms with van der Waals surface area (Å²) in [5.74, 6) is -0.582. The molecular weight excluding hydrogens is 765 g/mol. The third-order valence-corrected chi connectivity index (χ3v) is 12.4. The smallest absolute Gasteiger partial charge is 0.306 e. The van der Waals surface area contributed by atoms with E-state index in [0.717, 1.165) is 44.9 Å². The Morgan fingerprint density at radius 2 is 0.645 bits per heavy atom. The molecule has 0 saturated heterocycles. The molecule has 0 spiro atoms. The van der Waals surface area contributed by atoms with Crippen LogP contribution in [0.25, 0.3) is 0 Å². The van der Waals surface area contributed by atoms with E-state index in [0.29, 0.717) is 12.8 Å². The zero-order chi connectivity index (χ0) is 44.9. The Balaban J connectivity index is 3.45. The fraction of sp³-hybridized carbons (Fsp3) is 0.860. The molecule has 1 atom stereocenters. The average molecular weight is 871 g/mol. The molecule has 1 unspecified atom stereocenters. The fourth-order valence-corrected chi connectivity index (χ4v) is 8.23. The molecule has 0 saturated carbocycles. The van der Waals surface area contributed by atoms with Gasteiger partial charge in [0.1, 0.15) is 6.61 Å². The number of carbonyl (C=O) groups excluding carboxylic acids is 2. The molecule has 0 amide bonds. The van der Waals surface area contributed by atoms with Crippen molar-refractivity contribution in [3.8, 4) is 0 Å². The van der Waals surface area contributed by atoms with Crippen molar-refractivity contribution in [3.63, 3.8) is 0 Å². The molecule has 0 radical (unpaired) electrons. The maximum Gasteiger partial charge on any atom is 0.306 e. The Kier molecular flexibility index (Phi) is 51.8. The highest BCUT2D eigenvalue weighted by Gasteiger charge is 2.16. The number of aliphatic hydroxyl groups excluding tert-OH is 1. The number of hydrogen-bond donors (Lipinski definition) is 1. The lowest BCUT2D eigenvalue weighted by molar-refractivity contribution is -0.161. The number of allylic oxidation sites excluding steroid dienone is 6. The SMILES string of the molecule is CCCCCCC/C=C\C/C=C\CCCCCCCCCCCC(=O)OC(CO)COC(=O)CCCCCCCCCCCCCCCCC/C=C\CCCCCCCCCC. The summed E-state index contributed by atoms with van der Waals surface area (Å²) in [7, 11) is 0. The summed E-state index contributed by atoms with van der Waals surface area (Å²) < 4.78 is 10.7. The van der Waals surface area contributed by atoms with Gasteiger partial charge in [0.25, 0.3) is 0 Å². The molecule has 62 heavy (non-hydrogen) atoms. The minimum atomic E-state index is -0.773. The van der Waals surface area contributed by atoms with Gasteiger partial charge in [-0.15, -0.1) is 0 Å². The van der Waals surface area contributed by atoms with Crippen molar-refractivity contribution in [2.75, 3.05) is 13.2 Å². The number of carbonyl (C=O) groups is 2. The molecule has 364 valence electrons. The molecule has 0 aliphatic rings. The summed E-state index contributed by atoms with van der Waals surface area (Å²) in [5, 5.41) is 9.64. The molecule has 1 N–H and O–H groups in total. The van der Waals surface area contributed by atoms with Gasteiger partial charge in [-0.25, -0.2) is 0 Å². The van der Waals surface area contributed by atoms with Crippen LogP contribution in [0.1, 0.15) is 296 Å². The first-order valence-corrected chi connectivity index (χ1v) is 27.5. The standard InChI is InChI=1S/C57H106O5/c1-3-5-7-9-11-13-15-17-19-21-23-25-26-27-28-29-30-32-33-35-37-39-41-43-45-47-49-51-56(59)61-54-55(53-58)62-57(60)52-50-48-46-44-42-40-38-36-34-31-24-22-20-18-16-14-12-10-8-6-4-2/h16,18,21-24,55,58H,3-15,17,19-20,25-54H2,1-2H3/b18-16-,23-21-,24-22-. The number of hydrogen-bond acceptors (Lipinski definition) is 5. The molecule has 0 rings (SSSR count). The second-order valence-corrected chi connectivity index (χ2v) is 18.7. The molecule has 0 aromatic carbocycles. The number of ether oxygens (including phenoxy) is 2. The fourth-order valence-electron chi connectivity index (χ4n) is 8.23. The van der Waals surface area contributed by atoms with Gasteiger partial charge in [0.15, 0.2) is 6.10 Å². The van der Waals surface area contributed by atoms with Gasteiger partial charge in [-0.1, -0.05) is 249 Å². The van der Waals surface area contributed by atoms with E-state index in [1.807, 2.05) is 0 Å². The summed E-state index contributed by atoms with van der Waals surface area (Å²) in [4.78, 5) is 24.5. The van der Waals surface area contributed by atoms with Crippen molar-refractivity contribution in [2.45, 2.75) is 302 Å². The number of aliphatic hydroxyl groups is 1. The van der Waals surface area contributed by atoms with Gasteiger partial charge in [0.2, 0.25) is 0 Å². The zero-order valence-corrected chi connectivity index (χ0v) is 41.6. The normalized spacial score (nSPS) is 12.4. The lowest BCUT2D eigenvalue weighted by atomic mass is 10.0. The highest BCUT2D eigenvalue weighted by molar-refractivity contribution is 5.70. The Morgan fingerprint density at radius 3 is 0.968 bits per heavy atom. The van der Waals surface area contributed by atoms with Crippen LogP contribution in [-0.2, 0) is 19.1 Å². The van der Waals surface area contributed by atoms with E-state index in [-0.39, 0.29) is 25.2 Å². The average Bonchev–Trinajstić information content (AvgIpc) is 3.28. The van der Waals surface area contributed by atoms with Crippen LogP contribution in [0, 0.1) is 0 Å². The zero-order valence-electron chi connectivity index (χ0n) is 41.6. The molecule has 0 aromatic rings. The van der Waals surface area contributed by atoms with Gasteiger partial charge in [-0.05, 0) is 70.6 Å². The molecule has 5 nitrogen and oxygen atoms in total. The van der Waals surface area contributed by atoms with E-state index in [9.17, 15) is 14.7 Å². The van der Waals surface area contributed by atoms with E-state index in [1.165, 1.54) is 225 Å². The molecule has 0 bridgehead atoms. The molecule has 0 aromatic heterocycles. The summed E-state index contributed by atoms with van der Waals surface area (Å²) in [6, 6.07) is 0. The Morgan fingerprint density at radius 1 is 0.371 bits per heavy atom. The number of esters is 2. The number of unbranched alkanes of at least 4 members (excludes halogenated alkanes) is 37. The van der Waals surface area contributed by atoms with Crippen LogP contribution in [-0.4, -0.2) is 36.4 Å². The lowest BCUT2D eigenvalue weighted by Gasteiger charge is -2.15. The van der Waals surface area contributed by atoms with E-state index in [4.69, 9.17) is 9.47 Å². The van der Waals surface area contributed by atoms with Crippen LogP contribution in [0.3, 0.4) is 0 Å². The lowest BCUT2D eigenvalue weighted by Crippen LogP contribution is -2.28. The van der Waals surface area contributed by atoms with Gasteiger partial charge in [0, 0.05) is 12.8 Å². The number of rotatable bonds is 51. The Hall–Kier alpha value is -1.88. The van der Waals surface area contributed by atoms with Crippen molar-refractivity contribution in [2.24, 2.45) is 0 Å². The van der Waals surface area contributed by atoms with Gasteiger partial charge < -0.3 is 14.6 Å². The highest BCUT2D eigenvalue weighted by atomic mass is 16.6. The maximum atomic E-state index is 12.3. The van der Waals surface area contributed by atoms with Gasteiger partial charge in [0.05, 0.1) is 6.61 Å². The van der Waals surface area contributed by atoms with Crippen LogP contribution in [0.15, 0.2) is 36.5 Å². The quantitative estimate of drug-likeness (QED) is 0.0374. The van der Waals surface area contributed by atoms with Crippen LogP contribution >= 0.6 is 0 Å². The van der Waals surface area contributed by atoms with E-state index < -0.39 is 6.10 Å². The predicted molar refractivity (Wildman–Crippen MR) is 270 cm³/mol. The van der Waals surface area contributed by atoms with Gasteiger partial charge in [-0.2, -0.15) is 0 Å². The Bertz CT molecular complexity index is 986. The van der Waals surface area contributed by atoms with E-state index in [2.05, 4.69) is 50.3 Å². The van der Waals surface area contributed by atoms with Crippen molar-refractivity contribution in [3.05, 3.63) is 36.5 Å². The first kappa shape index (κ1) is 60.1.